The molecule has 0 spiro atoms. The molecule has 0 radical (unpaired) electrons. The SMILES string of the molecule is O=C(CNC(=O)c1cccs1)NCCC(c1ccccc1)c1ccccc1. The van der Waals surface area contributed by atoms with E-state index in [4.69, 9.17) is 0 Å². The third kappa shape index (κ3) is 5.53. The number of nitrogens with one attached hydrogen (secondary N) is 2. The Morgan fingerprint density at radius 1 is 0.815 bits per heavy atom. The van der Waals surface area contributed by atoms with Gasteiger partial charge in [-0.05, 0) is 29.0 Å². The summed E-state index contributed by atoms with van der Waals surface area (Å²) in [7, 11) is 0. The Hall–Kier alpha value is -2.92. The third-order valence-electron chi connectivity index (χ3n) is 4.31. The zero-order valence-corrected chi connectivity index (χ0v) is 15.7. The average molecular weight is 378 g/mol. The van der Waals surface area contributed by atoms with Gasteiger partial charge in [0.15, 0.2) is 0 Å². The molecule has 1 aromatic heterocycles. The molecular weight excluding hydrogens is 356 g/mol. The topological polar surface area (TPSA) is 58.2 Å². The van der Waals surface area contributed by atoms with E-state index >= 15 is 0 Å². The summed E-state index contributed by atoms with van der Waals surface area (Å²) in [5.41, 5.74) is 2.45. The van der Waals surface area contributed by atoms with Crippen molar-refractivity contribution < 1.29 is 9.59 Å². The first-order chi connectivity index (χ1) is 13.2. The van der Waals surface area contributed by atoms with Gasteiger partial charge in [-0.25, -0.2) is 0 Å². The van der Waals surface area contributed by atoms with Crippen LogP contribution in [0.2, 0.25) is 0 Å². The summed E-state index contributed by atoms with van der Waals surface area (Å²) in [6.45, 7) is 0.528. The van der Waals surface area contributed by atoms with Crippen LogP contribution in [0.4, 0.5) is 0 Å². The van der Waals surface area contributed by atoms with Crippen molar-refractivity contribution in [3.63, 3.8) is 0 Å². The van der Waals surface area contributed by atoms with Crippen LogP contribution < -0.4 is 10.6 Å². The van der Waals surface area contributed by atoms with Crippen LogP contribution in [0.15, 0.2) is 78.2 Å². The van der Waals surface area contributed by atoms with Crippen LogP contribution in [0.3, 0.4) is 0 Å². The first kappa shape index (κ1) is 18.9. The zero-order chi connectivity index (χ0) is 18.9. The quantitative estimate of drug-likeness (QED) is 0.626. The Kier molecular flexibility index (Phi) is 6.77. The largest absolute Gasteiger partial charge is 0.355 e. The minimum Gasteiger partial charge on any atom is -0.355 e. The van der Waals surface area contributed by atoms with E-state index in [1.165, 1.54) is 22.5 Å². The molecule has 0 atom stereocenters. The fraction of sp³-hybridized carbons (Fsp3) is 0.182. The van der Waals surface area contributed by atoms with Crippen molar-refractivity contribution in [3.8, 4) is 0 Å². The predicted molar refractivity (Wildman–Crippen MR) is 109 cm³/mol. The fourth-order valence-corrected chi connectivity index (χ4v) is 3.61. The lowest BCUT2D eigenvalue weighted by molar-refractivity contribution is -0.120. The van der Waals surface area contributed by atoms with Gasteiger partial charge in [-0.1, -0.05) is 66.7 Å². The summed E-state index contributed by atoms with van der Waals surface area (Å²) in [6.07, 6.45) is 0.790. The summed E-state index contributed by atoms with van der Waals surface area (Å²) in [4.78, 5) is 24.5. The Balaban J connectivity index is 1.52. The Labute approximate surface area is 163 Å². The van der Waals surface area contributed by atoms with Crippen LogP contribution in [0.5, 0.6) is 0 Å². The summed E-state index contributed by atoms with van der Waals surface area (Å²) in [5.74, 6) is -0.181. The van der Waals surface area contributed by atoms with Crippen molar-refractivity contribution in [1.29, 1.82) is 0 Å². The first-order valence-corrected chi connectivity index (χ1v) is 9.80. The molecule has 2 amide bonds. The monoisotopic (exact) mass is 378 g/mol. The molecule has 0 aliphatic rings. The highest BCUT2D eigenvalue weighted by molar-refractivity contribution is 7.12. The van der Waals surface area contributed by atoms with E-state index in [1.54, 1.807) is 6.07 Å². The van der Waals surface area contributed by atoms with Crippen molar-refractivity contribution in [1.82, 2.24) is 10.6 Å². The highest BCUT2D eigenvalue weighted by Gasteiger charge is 2.14. The predicted octanol–water partition coefficient (Wildman–Crippen LogP) is 3.82. The van der Waals surface area contributed by atoms with Gasteiger partial charge in [0.2, 0.25) is 5.91 Å². The lowest BCUT2D eigenvalue weighted by atomic mass is 9.88. The van der Waals surface area contributed by atoms with Crippen LogP contribution in [0.1, 0.15) is 33.1 Å². The van der Waals surface area contributed by atoms with Crippen molar-refractivity contribution in [2.24, 2.45) is 0 Å². The summed E-state index contributed by atoms with van der Waals surface area (Å²) >= 11 is 1.36. The maximum Gasteiger partial charge on any atom is 0.261 e. The minimum absolute atomic E-state index is 0.0158. The highest BCUT2D eigenvalue weighted by atomic mass is 32.1. The standard InChI is InChI=1S/C22H22N2O2S/c25-21(16-24-22(26)20-12-7-15-27-20)23-14-13-19(17-8-3-1-4-9-17)18-10-5-2-6-11-18/h1-12,15,19H,13-14,16H2,(H,23,25)(H,24,26). The van der Waals surface area contributed by atoms with Gasteiger partial charge in [0.05, 0.1) is 11.4 Å². The van der Waals surface area contributed by atoms with Gasteiger partial charge >= 0.3 is 0 Å². The molecule has 2 N–H and O–H groups in total. The smallest absolute Gasteiger partial charge is 0.261 e. The van der Waals surface area contributed by atoms with Gasteiger partial charge < -0.3 is 10.6 Å². The maximum atomic E-state index is 12.0. The van der Waals surface area contributed by atoms with E-state index in [0.29, 0.717) is 11.4 Å². The van der Waals surface area contributed by atoms with Crippen molar-refractivity contribution in [3.05, 3.63) is 94.2 Å². The third-order valence-corrected chi connectivity index (χ3v) is 5.18. The molecule has 0 bridgehead atoms. The van der Waals surface area contributed by atoms with Crippen LogP contribution in [-0.2, 0) is 4.79 Å². The van der Waals surface area contributed by atoms with E-state index in [-0.39, 0.29) is 24.3 Å². The second-order valence-electron chi connectivity index (χ2n) is 6.17. The Bertz CT molecular complexity index is 809. The first-order valence-electron chi connectivity index (χ1n) is 8.92. The number of carbonyl (C=O) groups excluding carboxylic acids is 2. The average Bonchev–Trinajstić information content (AvgIpc) is 3.26. The molecule has 3 rings (SSSR count). The van der Waals surface area contributed by atoms with Crippen LogP contribution >= 0.6 is 11.3 Å². The molecule has 27 heavy (non-hydrogen) atoms. The van der Waals surface area contributed by atoms with E-state index in [2.05, 4.69) is 34.9 Å². The summed E-state index contributed by atoms with van der Waals surface area (Å²) in [5, 5.41) is 7.38. The molecule has 0 aliphatic carbocycles. The normalized spacial score (nSPS) is 10.6. The molecule has 0 saturated heterocycles. The maximum absolute atomic E-state index is 12.0. The van der Waals surface area contributed by atoms with E-state index < -0.39 is 0 Å². The summed E-state index contributed by atoms with van der Waals surface area (Å²) in [6, 6.07) is 24.1. The molecule has 138 valence electrons. The molecule has 2 aromatic carbocycles. The fourth-order valence-electron chi connectivity index (χ4n) is 2.97. The Morgan fingerprint density at radius 2 is 1.44 bits per heavy atom. The molecule has 3 aromatic rings. The van der Waals surface area contributed by atoms with Gasteiger partial charge in [0.25, 0.3) is 5.91 Å². The molecular formula is C22H22N2O2S. The van der Waals surface area contributed by atoms with Gasteiger partial charge in [0, 0.05) is 12.5 Å². The van der Waals surface area contributed by atoms with Gasteiger partial charge in [-0.15, -0.1) is 11.3 Å². The number of rotatable bonds is 8. The molecule has 0 unspecified atom stereocenters. The molecule has 5 heteroatoms. The Morgan fingerprint density at radius 3 is 2.00 bits per heavy atom. The molecule has 0 aliphatic heterocycles. The van der Waals surface area contributed by atoms with E-state index in [9.17, 15) is 9.59 Å². The van der Waals surface area contributed by atoms with Gasteiger partial charge in [0.1, 0.15) is 0 Å². The number of thiophene rings is 1. The van der Waals surface area contributed by atoms with E-state index in [0.717, 1.165) is 6.42 Å². The molecule has 4 nitrogen and oxygen atoms in total. The number of hydrogen-bond donors (Lipinski definition) is 2. The number of hydrogen-bond acceptors (Lipinski definition) is 3. The highest BCUT2D eigenvalue weighted by Crippen LogP contribution is 2.27. The van der Waals surface area contributed by atoms with Crippen molar-refractivity contribution in [2.75, 3.05) is 13.1 Å². The van der Waals surface area contributed by atoms with Crippen LogP contribution in [0.25, 0.3) is 0 Å². The molecule has 0 fully saturated rings. The number of benzene rings is 2. The van der Waals surface area contributed by atoms with Gasteiger partial charge in [-0.3, -0.25) is 9.59 Å². The van der Waals surface area contributed by atoms with Gasteiger partial charge in [-0.2, -0.15) is 0 Å². The number of amides is 2. The van der Waals surface area contributed by atoms with E-state index in [1.807, 2.05) is 47.8 Å². The second-order valence-corrected chi connectivity index (χ2v) is 7.12. The van der Waals surface area contributed by atoms with Crippen LogP contribution in [-0.4, -0.2) is 24.9 Å². The number of carbonyl (C=O) groups is 2. The lowest BCUT2D eigenvalue weighted by Crippen LogP contribution is -2.37. The zero-order valence-electron chi connectivity index (χ0n) is 14.9. The second kappa shape index (κ2) is 9.69. The van der Waals surface area contributed by atoms with Crippen molar-refractivity contribution >= 4 is 23.2 Å². The molecule has 0 saturated carbocycles. The minimum atomic E-state index is -0.216. The lowest BCUT2D eigenvalue weighted by Gasteiger charge is -2.18. The molecule has 1 heterocycles. The van der Waals surface area contributed by atoms with Crippen LogP contribution in [0, 0.1) is 0 Å². The van der Waals surface area contributed by atoms with Crippen molar-refractivity contribution in [2.45, 2.75) is 12.3 Å². The summed E-state index contributed by atoms with van der Waals surface area (Å²) < 4.78 is 0.